The highest BCUT2D eigenvalue weighted by Crippen LogP contribution is 2.09. The molecular formula is C8H20N2. The zero-order valence-electron chi connectivity index (χ0n) is 7.35. The van der Waals surface area contributed by atoms with E-state index in [1.165, 1.54) is 0 Å². The molecule has 0 aliphatic rings. The van der Waals surface area contributed by atoms with Crippen LogP contribution in [0.3, 0.4) is 0 Å². The fraction of sp³-hybridized carbons (Fsp3) is 1.00. The summed E-state index contributed by atoms with van der Waals surface area (Å²) in [4.78, 5) is 0. The largest absolute Gasteiger partial charge is 0.328 e. The van der Waals surface area contributed by atoms with Crippen LogP contribution in [0.4, 0.5) is 0 Å². The van der Waals surface area contributed by atoms with Crippen LogP contribution < -0.4 is 11.5 Å². The van der Waals surface area contributed by atoms with Crippen molar-refractivity contribution in [1.82, 2.24) is 0 Å². The summed E-state index contributed by atoms with van der Waals surface area (Å²) in [5.74, 6) is 0. The van der Waals surface area contributed by atoms with E-state index in [9.17, 15) is 0 Å². The van der Waals surface area contributed by atoms with Crippen molar-refractivity contribution in [3.63, 3.8) is 0 Å². The van der Waals surface area contributed by atoms with Crippen LogP contribution in [0, 0.1) is 0 Å². The van der Waals surface area contributed by atoms with Crippen LogP contribution in [0.1, 0.15) is 40.0 Å². The van der Waals surface area contributed by atoms with Gasteiger partial charge in [-0.1, -0.05) is 6.42 Å². The van der Waals surface area contributed by atoms with Gasteiger partial charge in [-0.25, -0.2) is 0 Å². The number of rotatable bonds is 4. The molecule has 4 N–H and O–H groups in total. The Bertz CT molecular complexity index is 81.7. The first kappa shape index (κ1) is 9.92. The smallest absolute Gasteiger partial charge is 0.00970 e. The molecule has 62 valence electrons. The third-order valence-electron chi connectivity index (χ3n) is 1.48. The number of nitrogens with two attached hydrogens (primary N) is 2. The van der Waals surface area contributed by atoms with E-state index < -0.39 is 0 Å². The Kier molecular flexibility index (Phi) is 3.91. The molecule has 0 fully saturated rings. The van der Waals surface area contributed by atoms with Gasteiger partial charge in [-0.3, -0.25) is 0 Å². The van der Waals surface area contributed by atoms with Gasteiger partial charge in [-0.2, -0.15) is 0 Å². The summed E-state index contributed by atoms with van der Waals surface area (Å²) in [5, 5.41) is 0. The summed E-state index contributed by atoms with van der Waals surface area (Å²) in [6, 6.07) is 0.322. The molecule has 2 heteroatoms. The Morgan fingerprint density at radius 1 is 1.40 bits per heavy atom. The Labute approximate surface area is 64.0 Å². The molecule has 0 rings (SSSR count). The lowest BCUT2D eigenvalue weighted by molar-refractivity contribution is 0.439. The van der Waals surface area contributed by atoms with Crippen LogP contribution in [0.2, 0.25) is 0 Å². The Morgan fingerprint density at radius 3 is 2.20 bits per heavy atom. The van der Waals surface area contributed by atoms with Crippen LogP contribution in [-0.2, 0) is 0 Å². The molecular weight excluding hydrogens is 124 g/mol. The molecule has 0 saturated carbocycles. The van der Waals surface area contributed by atoms with E-state index in [0.29, 0.717) is 6.04 Å². The van der Waals surface area contributed by atoms with E-state index in [4.69, 9.17) is 11.5 Å². The molecule has 0 aliphatic heterocycles. The van der Waals surface area contributed by atoms with Gasteiger partial charge in [0.15, 0.2) is 0 Å². The number of hydrogen-bond donors (Lipinski definition) is 2. The van der Waals surface area contributed by atoms with Gasteiger partial charge in [0, 0.05) is 11.6 Å². The summed E-state index contributed by atoms with van der Waals surface area (Å²) in [6.45, 7) is 6.13. The summed E-state index contributed by atoms with van der Waals surface area (Å²) in [7, 11) is 0. The van der Waals surface area contributed by atoms with E-state index in [-0.39, 0.29) is 5.54 Å². The minimum atomic E-state index is -0.0190. The van der Waals surface area contributed by atoms with E-state index >= 15 is 0 Å². The van der Waals surface area contributed by atoms with Crippen molar-refractivity contribution in [3.05, 3.63) is 0 Å². The molecule has 2 nitrogen and oxygen atoms in total. The van der Waals surface area contributed by atoms with Gasteiger partial charge in [0.2, 0.25) is 0 Å². The quantitative estimate of drug-likeness (QED) is 0.623. The normalized spacial score (nSPS) is 15.3. The van der Waals surface area contributed by atoms with Crippen molar-refractivity contribution in [2.75, 3.05) is 0 Å². The summed E-state index contributed by atoms with van der Waals surface area (Å²) in [6.07, 6.45) is 3.29. The molecule has 0 heterocycles. The summed E-state index contributed by atoms with van der Waals surface area (Å²) >= 11 is 0. The van der Waals surface area contributed by atoms with E-state index in [0.717, 1.165) is 19.3 Å². The molecule has 1 unspecified atom stereocenters. The van der Waals surface area contributed by atoms with Gasteiger partial charge in [0.25, 0.3) is 0 Å². The van der Waals surface area contributed by atoms with Gasteiger partial charge in [0.05, 0.1) is 0 Å². The van der Waals surface area contributed by atoms with E-state index in [2.05, 4.69) is 0 Å². The molecule has 10 heavy (non-hydrogen) atoms. The van der Waals surface area contributed by atoms with Gasteiger partial charge in [-0.05, 0) is 33.6 Å². The first-order valence-electron chi connectivity index (χ1n) is 3.96. The predicted molar refractivity (Wildman–Crippen MR) is 45.8 cm³/mol. The topological polar surface area (TPSA) is 52.0 Å². The van der Waals surface area contributed by atoms with E-state index in [1.54, 1.807) is 0 Å². The third-order valence-corrected chi connectivity index (χ3v) is 1.48. The van der Waals surface area contributed by atoms with Crippen molar-refractivity contribution >= 4 is 0 Å². The first-order valence-corrected chi connectivity index (χ1v) is 3.96. The molecule has 0 aromatic carbocycles. The van der Waals surface area contributed by atoms with Crippen LogP contribution in [-0.4, -0.2) is 11.6 Å². The van der Waals surface area contributed by atoms with Crippen molar-refractivity contribution in [2.24, 2.45) is 11.5 Å². The van der Waals surface area contributed by atoms with Crippen LogP contribution >= 0.6 is 0 Å². The second-order valence-electron chi connectivity index (χ2n) is 3.86. The molecule has 0 saturated heterocycles. The SMILES string of the molecule is CC(N)CCCC(C)(C)N. The maximum absolute atomic E-state index is 5.78. The zero-order valence-corrected chi connectivity index (χ0v) is 7.35. The van der Waals surface area contributed by atoms with Crippen molar-refractivity contribution in [1.29, 1.82) is 0 Å². The Balaban J connectivity index is 3.21. The Hall–Kier alpha value is -0.0800. The highest BCUT2D eigenvalue weighted by Gasteiger charge is 2.09. The predicted octanol–water partition coefficient (Wildman–Crippen LogP) is 1.24. The van der Waals surface area contributed by atoms with Gasteiger partial charge in [0.1, 0.15) is 0 Å². The number of hydrogen-bond acceptors (Lipinski definition) is 2. The van der Waals surface area contributed by atoms with Crippen LogP contribution in [0.25, 0.3) is 0 Å². The highest BCUT2D eigenvalue weighted by atomic mass is 14.7. The van der Waals surface area contributed by atoms with E-state index in [1.807, 2.05) is 20.8 Å². The average molecular weight is 144 g/mol. The maximum Gasteiger partial charge on any atom is 0.00970 e. The third kappa shape index (κ3) is 7.92. The van der Waals surface area contributed by atoms with Crippen molar-refractivity contribution < 1.29 is 0 Å². The lowest BCUT2D eigenvalue weighted by Gasteiger charge is -2.18. The molecule has 0 aliphatic carbocycles. The molecule has 0 aromatic heterocycles. The van der Waals surface area contributed by atoms with Crippen molar-refractivity contribution in [2.45, 2.75) is 51.6 Å². The second kappa shape index (κ2) is 3.94. The average Bonchev–Trinajstić information content (AvgIpc) is 1.59. The van der Waals surface area contributed by atoms with Crippen LogP contribution in [0.15, 0.2) is 0 Å². The van der Waals surface area contributed by atoms with Crippen molar-refractivity contribution in [3.8, 4) is 0 Å². The standard InChI is InChI=1S/C8H20N2/c1-7(9)5-4-6-8(2,3)10/h7H,4-6,9-10H2,1-3H3. The maximum atomic E-state index is 5.78. The summed E-state index contributed by atoms with van der Waals surface area (Å²) < 4.78 is 0. The molecule has 1 atom stereocenters. The molecule has 0 radical (unpaired) electrons. The Morgan fingerprint density at radius 2 is 1.90 bits per heavy atom. The minimum Gasteiger partial charge on any atom is -0.328 e. The van der Waals surface area contributed by atoms with Gasteiger partial charge >= 0.3 is 0 Å². The highest BCUT2D eigenvalue weighted by molar-refractivity contribution is 4.71. The first-order chi connectivity index (χ1) is 4.42. The monoisotopic (exact) mass is 144 g/mol. The minimum absolute atomic E-state index is 0.0190. The lowest BCUT2D eigenvalue weighted by Crippen LogP contribution is -2.32. The van der Waals surface area contributed by atoms with Gasteiger partial charge in [-0.15, -0.1) is 0 Å². The second-order valence-corrected chi connectivity index (χ2v) is 3.86. The molecule has 0 amide bonds. The zero-order chi connectivity index (χ0) is 8.20. The molecule has 0 aromatic rings. The fourth-order valence-corrected chi connectivity index (χ4v) is 0.880. The lowest BCUT2D eigenvalue weighted by atomic mass is 9.97. The molecule has 0 spiro atoms. The van der Waals surface area contributed by atoms with Crippen LogP contribution in [0.5, 0.6) is 0 Å². The van der Waals surface area contributed by atoms with Gasteiger partial charge < -0.3 is 11.5 Å². The fourth-order valence-electron chi connectivity index (χ4n) is 0.880. The summed E-state index contributed by atoms with van der Waals surface area (Å²) in [5.41, 5.74) is 11.3. The molecule has 0 bridgehead atoms.